The Bertz CT molecular complexity index is 797. The van der Waals surface area contributed by atoms with E-state index in [0.29, 0.717) is 24.7 Å². The van der Waals surface area contributed by atoms with Crippen molar-refractivity contribution in [2.45, 2.75) is 12.5 Å². The number of fused-ring (bicyclic) bond motifs is 1. The Balaban J connectivity index is 1.86. The fourth-order valence-electron chi connectivity index (χ4n) is 2.73. The number of nitrogen functional groups attached to an aromatic ring is 1. The van der Waals surface area contributed by atoms with Gasteiger partial charge in [-0.1, -0.05) is 30.3 Å². The van der Waals surface area contributed by atoms with Crippen molar-refractivity contribution >= 4 is 23.5 Å². The van der Waals surface area contributed by atoms with E-state index in [0.717, 1.165) is 5.56 Å². The molecular formula is C18H21N5O3. The molecule has 1 atom stereocenters. The van der Waals surface area contributed by atoms with Crippen LogP contribution in [0.5, 0.6) is 5.75 Å². The Hall–Kier alpha value is -3.13. The van der Waals surface area contributed by atoms with Gasteiger partial charge in [-0.2, -0.15) is 0 Å². The van der Waals surface area contributed by atoms with Crippen molar-refractivity contribution in [2.24, 2.45) is 5.73 Å². The average molecular weight is 355 g/mol. The molecule has 2 aromatic rings. The quantitative estimate of drug-likeness (QED) is 0.697. The summed E-state index contributed by atoms with van der Waals surface area (Å²) in [6, 6.07) is 12.5. The highest BCUT2D eigenvalue weighted by atomic mass is 16.5. The van der Waals surface area contributed by atoms with Crippen molar-refractivity contribution in [1.29, 1.82) is 0 Å². The summed E-state index contributed by atoms with van der Waals surface area (Å²) >= 11 is 0. The summed E-state index contributed by atoms with van der Waals surface area (Å²) in [6.45, 7) is 0.926. The predicted octanol–water partition coefficient (Wildman–Crippen LogP) is 0.596. The molecule has 1 aromatic carbocycles. The standard InChI is InChI=1S/C18H21N5O3/c19-9-10-21-15(24)8-11-23-17-13(6-7-14(20)22-17)26-16(18(23)25)12-4-2-1-3-5-12/h1-7,16H,8-11,19H2,(H2,20,22)(H,21,24). The molecule has 0 bridgehead atoms. The molecule has 1 aliphatic rings. The number of aromatic nitrogens is 1. The molecule has 136 valence electrons. The van der Waals surface area contributed by atoms with Crippen LogP contribution in [-0.4, -0.2) is 36.4 Å². The summed E-state index contributed by atoms with van der Waals surface area (Å²) in [5, 5.41) is 2.69. The van der Waals surface area contributed by atoms with Crippen LogP contribution in [0.15, 0.2) is 42.5 Å². The molecule has 8 heteroatoms. The number of nitrogens with one attached hydrogen (secondary N) is 1. The van der Waals surface area contributed by atoms with Crippen molar-refractivity contribution in [2.75, 3.05) is 30.3 Å². The van der Waals surface area contributed by atoms with Crippen molar-refractivity contribution in [3.05, 3.63) is 48.0 Å². The molecule has 0 saturated carbocycles. The number of pyridine rings is 1. The Kier molecular flexibility index (Phi) is 5.33. The molecule has 8 nitrogen and oxygen atoms in total. The van der Waals surface area contributed by atoms with Crippen molar-refractivity contribution < 1.29 is 14.3 Å². The molecule has 0 aliphatic carbocycles. The van der Waals surface area contributed by atoms with Gasteiger partial charge in [0, 0.05) is 31.6 Å². The van der Waals surface area contributed by atoms with E-state index in [2.05, 4.69) is 10.3 Å². The number of rotatable bonds is 6. The van der Waals surface area contributed by atoms with Gasteiger partial charge in [0.1, 0.15) is 5.82 Å². The molecular weight excluding hydrogens is 334 g/mol. The first-order valence-electron chi connectivity index (χ1n) is 8.36. The van der Waals surface area contributed by atoms with Crippen LogP contribution >= 0.6 is 0 Å². The lowest BCUT2D eigenvalue weighted by Gasteiger charge is -2.33. The SMILES string of the molecule is NCCNC(=O)CCN1C(=O)C(c2ccccc2)Oc2ccc(N)nc21. The minimum atomic E-state index is -0.791. The molecule has 1 unspecified atom stereocenters. The first kappa shape index (κ1) is 17.7. The maximum atomic E-state index is 13.0. The third-order valence-electron chi connectivity index (χ3n) is 3.98. The van der Waals surface area contributed by atoms with E-state index in [1.807, 2.05) is 30.3 Å². The zero-order valence-electron chi connectivity index (χ0n) is 14.2. The van der Waals surface area contributed by atoms with E-state index in [1.54, 1.807) is 12.1 Å². The number of anilines is 2. The van der Waals surface area contributed by atoms with E-state index < -0.39 is 6.10 Å². The topological polar surface area (TPSA) is 124 Å². The van der Waals surface area contributed by atoms with Crippen LogP contribution in [0.4, 0.5) is 11.6 Å². The largest absolute Gasteiger partial charge is 0.472 e. The molecule has 26 heavy (non-hydrogen) atoms. The summed E-state index contributed by atoms with van der Waals surface area (Å²) in [7, 11) is 0. The maximum absolute atomic E-state index is 13.0. The van der Waals surface area contributed by atoms with Gasteiger partial charge in [0.2, 0.25) is 12.0 Å². The third kappa shape index (κ3) is 3.75. The molecule has 0 saturated heterocycles. The highest BCUT2D eigenvalue weighted by Crippen LogP contribution is 2.38. The number of ether oxygens (including phenoxy) is 1. The predicted molar refractivity (Wildman–Crippen MR) is 97.5 cm³/mol. The van der Waals surface area contributed by atoms with Gasteiger partial charge in [0.05, 0.1) is 0 Å². The molecule has 0 radical (unpaired) electrons. The van der Waals surface area contributed by atoms with Crippen LogP contribution in [0.3, 0.4) is 0 Å². The number of amides is 2. The zero-order valence-corrected chi connectivity index (χ0v) is 14.2. The van der Waals surface area contributed by atoms with Gasteiger partial charge in [-0.15, -0.1) is 0 Å². The van der Waals surface area contributed by atoms with Crippen molar-refractivity contribution in [3.8, 4) is 5.75 Å². The van der Waals surface area contributed by atoms with Crippen LogP contribution in [0.25, 0.3) is 0 Å². The highest BCUT2D eigenvalue weighted by molar-refractivity contribution is 6.00. The van der Waals surface area contributed by atoms with E-state index in [1.165, 1.54) is 4.90 Å². The van der Waals surface area contributed by atoms with Crippen molar-refractivity contribution in [1.82, 2.24) is 10.3 Å². The van der Waals surface area contributed by atoms with Crippen LogP contribution in [0, 0.1) is 0 Å². The monoisotopic (exact) mass is 355 g/mol. The number of carbonyl (C=O) groups excluding carboxylic acids is 2. The number of hydrogen-bond acceptors (Lipinski definition) is 6. The van der Waals surface area contributed by atoms with Crippen LogP contribution in [0.2, 0.25) is 0 Å². The average Bonchev–Trinajstić information content (AvgIpc) is 2.66. The molecule has 2 amide bonds. The number of hydrogen-bond donors (Lipinski definition) is 3. The molecule has 1 aliphatic heterocycles. The highest BCUT2D eigenvalue weighted by Gasteiger charge is 2.36. The maximum Gasteiger partial charge on any atom is 0.274 e. The Morgan fingerprint density at radius 3 is 2.73 bits per heavy atom. The third-order valence-corrected chi connectivity index (χ3v) is 3.98. The van der Waals surface area contributed by atoms with Gasteiger partial charge in [-0.05, 0) is 12.1 Å². The minimum Gasteiger partial charge on any atom is -0.472 e. The molecule has 0 fully saturated rings. The summed E-state index contributed by atoms with van der Waals surface area (Å²) in [4.78, 5) is 30.6. The lowest BCUT2D eigenvalue weighted by molar-refractivity contribution is -0.126. The van der Waals surface area contributed by atoms with E-state index in [-0.39, 0.29) is 30.6 Å². The molecule has 1 aromatic heterocycles. The van der Waals surface area contributed by atoms with Gasteiger partial charge in [0.25, 0.3) is 5.91 Å². The number of nitrogens with two attached hydrogens (primary N) is 2. The fourth-order valence-corrected chi connectivity index (χ4v) is 2.73. The number of benzene rings is 1. The molecule has 3 rings (SSSR count). The second kappa shape index (κ2) is 7.83. The normalized spacial score (nSPS) is 16.0. The van der Waals surface area contributed by atoms with E-state index in [4.69, 9.17) is 16.2 Å². The lowest BCUT2D eigenvalue weighted by Crippen LogP contribution is -2.43. The van der Waals surface area contributed by atoms with Gasteiger partial charge in [-0.3, -0.25) is 14.5 Å². The summed E-state index contributed by atoms with van der Waals surface area (Å²) in [6.07, 6.45) is -0.662. The second-order valence-corrected chi connectivity index (χ2v) is 5.84. The van der Waals surface area contributed by atoms with Gasteiger partial charge in [0.15, 0.2) is 11.6 Å². The van der Waals surface area contributed by atoms with E-state index in [9.17, 15) is 9.59 Å². The number of carbonyl (C=O) groups is 2. The Labute approximate surface area is 151 Å². The minimum absolute atomic E-state index is 0.128. The van der Waals surface area contributed by atoms with E-state index >= 15 is 0 Å². The zero-order chi connectivity index (χ0) is 18.5. The number of nitrogens with zero attached hydrogens (tertiary/aromatic N) is 2. The van der Waals surface area contributed by atoms with Crippen LogP contribution in [0.1, 0.15) is 18.1 Å². The van der Waals surface area contributed by atoms with Crippen molar-refractivity contribution in [3.63, 3.8) is 0 Å². The van der Waals surface area contributed by atoms with Gasteiger partial charge < -0.3 is 21.5 Å². The molecule has 5 N–H and O–H groups in total. The Morgan fingerprint density at radius 1 is 1.23 bits per heavy atom. The summed E-state index contributed by atoms with van der Waals surface area (Å²) in [5.41, 5.74) is 11.9. The van der Waals surface area contributed by atoms with Crippen LogP contribution < -0.4 is 26.4 Å². The lowest BCUT2D eigenvalue weighted by atomic mass is 10.1. The summed E-state index contributed by atoms with van der Waals surface area (Å²) in [5.74, 6) is 0.588. The van der Waals surface area contributed by atoms with Crippen LogP contribution in [-0.2, 0) is 9.59 Å². The summed E-state index contributed by atoms with van der Waals surface area (Å²) < 4.78 is 5.86. The molecule has 2 heterocycles. The first-order valence-corrected chi connectivity index (χ1v) is 8.36. The Morgan fingerprint density at radius 2 is 2.00 bits per heavy atom. The smallest absolute Gasteiger partial charge is 0.274 e. The first-order chi connectivity index (χ1) is 12.6. The fraction of sp³-hybridized carbons (Fsp3) is 0.278. The molecule has 0 spiro atoms. The van der Waals surface area contributed by atoms with Gasteiger partial charge >= 0.3 is 0 Å². The second-order valence-electron chi connectivity index (χ2n) is 5.84. The van der Waals surface area contributed by atoms with Gasteiger partial charge in [-0.25, -0.2) is 4.98 Å².